The smallest absolute Gasteiger partial charge is 0.220 e. The number of piperidine rings is 1. The molecule has 1 fully saturated rings. The van der Waals surface area contributed by atoms with Crippen molar-refractivity contribution >= 4 is 5.91 Å². The Kier molecular flexibility index (Phi) is 6.91. The summed E-state index contributed by atoms with van der Waals surface area (Å²) in [6, 6.07) is 5.51. The third-order valence-corrected chi connectivity index (χ3v) is 4.93. The first-order valence-corrected chi connectivity index (χ1v) is 8.77. The van der Waals surface area contributed by atoms with E-state index in [2.05, 4.69) is 17.6 Å². The van der Waals surface area contributed by atoms with Gasteiger partial charge in [-0.2, -0.15) is 0 Å². The number of nitrogens with one attached hydrogen (secondary N) is 2. The minimum Gasteiger partial charge on any atom is -0.497 e. The van der Waals surface area contributed by atoms with Gasteiger partial charge in [0.25, 0.3) is 0 Å². The number of hydrogen-bond donors (Lipinski definition) is 2. The summed E-state index contributed by atoms with van der Waals surface area (Å²) in [5, 5.41) is 6.52. The van der Waals surface area contributed by atoms with E-state index in [-0.39, 0.29) is 11.9 Å². The highest BCUT2D eigenvalue weighted by atomic mass is 16.5. The van der Waals surface area contributed by atoms with Crippen LogP contribution in [-0.2, 0) is 4.79 Å². The van der Waals surface area contributed by atoms with Crippen LogP contribution in [0.25, 0.3) is 0 Å². The van der Waals surface area contributed by atoms with E-state index < -0.39 is 0 Å². The average Bonchev–Trinajstić information content (AvgIpc) is 2.61. The lowest BCUT2D eigenvalue weighted by atomic mass is 9.85. The van der Waals surface area contributed by atoms with Crippen LogP contribution in [0.15, 0.2) is 18.2 Å². The summed E-state index contributed by atoms with van der Waals surface area (Å²) < 4.78 is 10.7. The van der Waals surface area contributed by atoms with Gasteiger partial charge in [0.05, 0.1) is 20.3 Å². The molecule has 0 radical (unpaired) electrons. The van der Waals surface area contributed by atoms with Gasteiger partial charge in [0, 0.05) is 12.0 Å². The van der Waals surface area contributed by atoms with E-state index >= 15 is 0 Å². The van der Waals surface area contributed by atoms with Crippen LogP contribution in [0, 0.1) is 11.8 Å². The topological polar surface area (TPSA) is 59.6 Å². The van der Waals surface area contributed by atoms with Gasteiger partial charge < -0.3 is 20.1 Å². The van der Waals surface area contributed by atoms with Crippen LogP contribution in [-0.4, -0.2) is 33.2 Å². The molecule has 0 aliphatic carbocycles. The molecule has 3 unspecified atom stereocenters. The van der Waals surface area contributed by atoms with Crippen LogP contribution in [0.1, 0.15) is 44.7 Å². The lowest BCUT2D eigenvalue weighted by Crippen LogP contribution is -2.36. The van der Waals surface area contributed by atoms with Crippen molar-refractivity contribution in [2.45, 2.75) is 39.2 Å². The van der Waals surface area contributed by atoms with E-state index in [0.29, 0.717) is 18.3 Å². The third-order valence-electron chi connectivity index (χ3n) is 4.93. The standard InChI is InChI=1S/C19H30N2O3/c1-13(15-6-5-9-20-12-15)10-19(22)21-14(2)17-11-16(23-3)7-8-18(17)24-4/h7-8,11,13-15,20H,5-6,9-10,12H2,1-4H3,(H,21,22). The molecule has 0 bridgehead atoms. The van der Waals surface area contributed by atoms with Crippen LogP contribution >= 0.6 is 0 Å². The Morgan fingerprint density at radius 1 is 1.33 bits per heavy atom. The maximum atomic E-state index is 12.4. The number of carbonyl (C=O) groups excluding carboxylic acids is 1. The highest BCUT2D eigenvalue weighted by molar-refractivity contribution is 5.76. The number of carbonyl (C=O) groups is 1. The summed E-state index contributed by atoms with van der Waals surface area (Å²) in [6.45, 7) is 6.27. The second-order valence-electron chi connectivity index (χ2n) is 6.68. The molecule has 134 valence electrons. The van der Waals surface area contributed by atoms with Crippen LogP contribution < -0.4 is 20.1 Å². The summed E-state index contributed by atoms with van der Waals surface area (Å²) >= 11 is 0. The highest BCUT2D eigenvalue weighted by Crippen LogP contribution is 2.29. The van der Waals surface area contributed by atoms with Crippen LogP contribution in [0.4, 0.5) is 0 Å². The van der Waals surface area contributed by atoms with Gasteiger partial charge >= 0.3 is 0 Å². The SMILES string of the molecule is COc1ccc(OC)c(C(C)NC(=O)CC(C)C2CCCNC2)c1. The van der Waals surface area contributed by atoms with E-state index in [1.54, 1.807) is 14.2 Å². The lowest BCUT2D eigenvalue weighted by molar-refractivity contribution is -0.123. The fourth-order valence-corrected chi connectivity index (χ4v) is 3.38. The molecule has 0 aromatic heterocycles. The molecule has 1 aliphatic rings. The molecule has 1 aromatic rings. The Morgan fingerprint density at radius 2 is 2.12 bits per heavy atom. The van der Waals surface area contributed by atoms with Crippen molar-refractivity contribution < 1.29 is 14.3 Å². The minimum absolute atomic E-state index is 0.0884. The van der Waals surface area contributed by atoms with E-state index in [1.165, 1.54) is 12.8 Å². The summed E-state index contributed by atoms with van der Waals surface area (Å²) in [5.74, 6) is 2.58. The highest BCUT2D eigenvalue weighted by Gasteiger charge is 2.23. The predicted octanol–water partition coefficient (Wildman–Crippen LogP) is 2.91. The second-order valence-corrected chi connectivity index (χ2v) is 6.68. The molecule has 0 spiro atoms. The van der Waals surface area contributed by atoms with Crippen molar-refractivity contribution in [2.24, 2.45) is 11.8 Å². The Labute approximate surface area is 145 Å². The maximum Gasteiger partial charge on any atom is 0.220 e. The van der Waals surface area contributed by atoms with Crippen LogP contribution in [0.3, 0.4) is 0 Å². The molecule has 1 heterocycles. The maximum absolute atomic E-state index is 12.4. The van der Waals surface area contributed by atoms with Crippen LogP contribution in [0.2, 0.25) is 0 Å². The molecule has 1 amide bonds. The predicted molar refractivity (Wildman–Crippen MR) is 95.5 cm³/mol. The molecule has 5 nitrogen and oxygen atoms in total. The van der Waals surface area contributed by atoms with Crippen LogP contribution in [0.5, 0.6) is 11.5 Å². The summed E-state index contributed by atoms with van der Waals surface area (Å²) in [5.41, 5.74) is 0.928. The van der Waals surface area contributed by atoms with Gasteiger partial charge in [-0.05, 0) is 62.9 Å². The molecule has 24 heavy (non-hydrogen) atoms. The van der Waals surface area contributed by atoms with Gasteiger partial charge in [-0.3, -0.25) is 4.79 Å². The summed E-state index contributed by atoms with van der Waals surface area (Å²) in [7, 11) is 3.27. The van der Waals surface area contributed by atoms with Crippen molar-refractivity contribution in [1.82, 2.24) is 10.6 Å². The van der Waals surface area contributed by atoms with Gasteiger partial charge in [-0.25, -0.2) is 0 Å². The Morgan fingerprint density at radius 3 is 2.75 bits per heavy atom. The van der Waals surface area contributed by atoms with Crippen molar-refractivity contribution in [2.75, 3.05) is 27.3 Å². The minimum atomic E-state index is -0.126. The van der Waals surface area contributed by atoms with Gasteiger partial charge in [-0.1, -0.05) is 6.92 Å². The molecule has 1 aliphatic heterocycles. The molecule has 2 N–H and O–H groups in total. The number of rotatable bonds is 7. The van der Waals surface area contributed by atoms with Gasteiger partial charge in [0.2, 0.25) is 5.91 Å². The Balaban J connectivity index is 1.95. The fraction of sp³-hybridized carbons (Fsp3) is 0.632. The quantitative estimate of drug-likeness (QED) is 0.805. The number of hydrogen-bond acceptors (Lipinski definition) is 4. The van der Waals surface area contributed by atoms with Crippen molar-refractivity contribution in [3.8, 4) is 11.5 Å². The Hall–Kier alpha value is -1.75. The number of benzene rings is 1. The zero-order chi connectivity index (χ0) is 17.5. The molecule has 2 rings (SSSR count). The molecule has 1 saturated heterocycles. The molecule has 3 atom stereocenters. The largest absolute Gasteiger partial charge is 0.497 e. The van der Waals surface area contributed by atoms with Crippen molar-refractivity contribution in [3.05, 3.63) is 23.8 Å². The first kappa shape index (κ1) is 18.6. The third kappa shape index (κ3) is 4.87. The number of methoxy groups -OCH3 is 2. The molecule has 1 aromatic carbocycles. The number of amides is 1. The van der Waals surface area contributed by atoms with Crippen molar-refractivity contribution in [3.63, 3.8) is 0 Å². The second kappa shape index (κ2) is 8.92. The fourth-order valence-electron chi connectivity index (χ4n) is 3.38. The summed E-state index contributed by atoms with van der Waals surface area (Å²) in [4.78, 5) is 12.4. The number of ether oxygens (including phenoxy) is 2. The normalized spacial score (nSPS) is 20.1. The molecular weight excluding hydrogens is 304 g/mol. The summed E-state index contributed by atoms with van der Waals surface area (Å²) in [6.07, 6.45) is 2.97. The lowest BCUT2D eigenvalue weighted by Gasteiger charge is -2.28. The van der Waals surface area contributed by atoms with Crippen molar-refractivity contribution in [1.29, 1.82) is 0 Å². The monoisotopic (exact) mass is 334 g/mol. The molecular formula is C19H30N2O3. The zero-order valence-electron chi connectivity index (χ0n) is 15.2. The first-order chi connectivity index (χ1) is 11.5. The molecule has 5 heteroatoms. The van der Waals surface area contributed by atoms with E-state index in [1.807, 2.05) is 25.1 Å². The average molecular weight is 334 g/mol. The van der Waals surface area contributed by atoms with Gasteiger partial charge in [-0.15, -0.1) is 0 Å². The van der Waals surface area contributed by atoms with E-state index in [0.717, 1.165) is 30.2 Å². The van der Waals surface area contributed by atoms with Gasteiger partial charge in [0.1, 0.15) is 11.5 Å². The first-order valence-electron chi connectivity index (χ1n) is 8.77. The van der Waals surface area contributed by atoms with E-state index in [4.69, 9.17) is 9.47 Å². The Bertz CT molecular complexity index is 541. The zero-order valence-corrected chi connectivity index (χ0v) is 15.2. The molecule has 0 saturated carbocycles. The van der Waals surface area contributed by atoms with E-state index in [9.17, 15) is 4.79 Å². The van der Waals surface area contributed by atoms with Gasteiger partial charge in [0.15, 0.2) is 0 Å².